The van der Waals surface area contributed by atoms with Crippen LogP contribution in [-0.4, -0.2) is 0 Å². The molecule has 1 unspecified atom stereocenters. The second-order valence-corrected chi connectivity index (χ2v) is 7.63. The second-order valence-electron chi connectivity index (χ2n) is 4.65. The minimum Gasteiger partial charge on any atom is -0.143 e. The van der Waals surface area contributed by atoms with Gasteiger partial charge < -0.3 is 0 Å². The molecule has 1 aromatic carbocycles. The van der Waals surface area contributed by atoms with Gasteiger partial charge >= 0.3 is 0 Å². The van der Waals surface area contributed by atoms with Crippen LogP contribution in [0.1, 0.15) is 34.2 Å². The van der Waals surface area contributed by atoms with E-state index >= 15 is 0 Å². The normalized spacial score (nSPS) is 12.9. The van der Waals surface area contributed by atoms with E-state index in [1.807, 2.05) is 22.7 Å². The Balaban J connectivity index is 1.86. The van der Waals surface area contributed by atoms with E-state index in [0.717, 1.165) is 0 Å². The third kappa shape index (κ3) is 2.78. The fourth-order valence-electron chi connectivity index (χ4n) is 2.22. The van der Waals surface area contributed by atoms with Gasteiger partial charge in [0, 0.05) is 14.3 Å². The molecule has 3 rings (SSSR count). The molecule has 0 aliphatic heterocycles. The van der Waals surface area contributed by atoms with Crippen LogP contribution in [-0.2, 0) is 6.42 Å². The van der Waals surface area contributed by atoms with Gasteiger partial charge in [-0.05, 0) is 35.1 Å². The minimum atomic E-state index is 0.313. The molecule has 0 radical (unpaired) electrons. The van der Waals surface area contributed by atoms with Crippen molar-refractivity contribution >= 4 is 48.0 Å². The number of fused-ring (bicyclic) bond motifs is 1. The Morgan fingerprint density at radius 2 is 1.89 bits per heavy atom. The lowest BCUT2D eigenvalue weighted by atomic mass is 10.1. The highest BCUT2D eigenvalue weighted by Gasteiger charge is 2.14. The first kappa shape index (κ1) is 13.3. The van der Waals surface area contributed by atoms with Crippen LogP contribution in [0.15, 0.2) is 41.8 Å². The quantitative estimate of drug-likeness (QED) is 0.477. The van der Waals surface area contributed by atoms with Crippen LogP contribution in [0.3, 0.4) is 0 Å². The molecular formula is C16H15BrS2. The van der Waals surface area contributed by atoms with Gasteiger partial charge in [-0.3, -0.25) is 0 Å². The molecule has 0 saturated carbocycles. The lowest BCUT2D eigenvalue weighted by Crippen LogP contribution is -1.90. The van der Waals surface area contributed by atoms with Gasteiger partial charge in [-0.2, -0.15) is 0 Å². The monoisotopic (exact) mass is 350 g/mol. The zero-order chi connectivity index (χ0) is 13.2. The number of aryl methyl sites for hydroxylation is 1. The largest absolute Gasteiger partial charge is 0.143 e. The molecule has 2 aromatic heterocycles. The van der Waals surface area contributed by atoms with Crippen molar-refractivity contribution in [2.75, 3.05) is 0 Å². The summed E-state index contributed by atoms with van der Waals surface area (Å²) in [5.41, 5.74) is 2.77. The maximum Gasteiger partial charge on any atom is 0.0738 e. The van der Waals surface area contributed by atoms with Crippen LogP contribution in [0.25, 0.3) is 9.40 Å². The third-order valence-corrected chi connectivity index (χ3v) is 6.70. The molecule has 0 aliphatic carbocycles. The summed E-state index contributed by atoms with van der Waals surface area (Å²) in [5, 5.41) is 2.16. The van der Waals surface area contributed by atoms with Crippen molar-refractivity contribution in [2.45, 2.75) is 24.6 Å². The molecular weight excluding hydrogens is 336 g/mol. The molecule has 3 aromatic rings. The van der Waals surface area contributed by atoms with Crippen LogP contribution in [0, 0.1) is 0 Å². The average molecular weight is 351 g/mol. The molecule has 0 amide bonds. The van der Waals surface area contributed by atoms with Crippen molar-refractivity contribution in [3.63, 3.8) is 0 Å². The highest BCUT2D eigenvalue weighted by atomic mass is 79.9. The number of benzene rings is 1. The Labute approximate surface area is 130 Å². The summed E-state index contributed by atoms with van der Waals surface area (Å²) >= 11 is 7.54. The summed E-state index contributed by atoms with van der Waals surface area (Å²) < 4.78 is 2.79. The van der Waals surface area contributed by atoms with Gasteiger partial charge in [0.05, 0.1) is 4.83 Å². The zero-order valence-corrected chi connectivity index (χ0v) is 13.9. The van der Waals surface area contributed by atoms with E-state index in [-0.39, 0.29) is 0 Å². The van der Waals surface area contributed by atoms with E-state index in [1.165, 1.54) is 38.2 Å². The van der Waals surface area contributed by atoms with Gasteiger partial charge in [0.15, 0.2) is 0 Å². The maximum atomic E-state index is 3.84. The van der Waals surface area contributed by atoms with Crippen LogP contribution >= 0.6 is 38.6 Å². The SMILES string of the molecule is CCCc1ccc(C(Br)c2cc3sccc3s2)cc1. The standard InChI is InChI=1S/C16H15BrS2/c1-2-3-11-4-6-12(7-5-11)16(17)15-10-14-13(19-15)8-9-18-14/h4-10,16H,2-3H2,1H3. The first-order chi connectivity index (χ1) is 9.28. The highest BCUT2D eigenvalue weighted by Crippen LogP contribution is 2.39. The maximum absolute atomic E-state index is 3.84. The summed E-state index contributed by atoms with van der Waals surface area (Å²) in [6.07, 6.45) is 2.38. The van der Waals surface area contributed by atoms with E-state index < -0.39 is 0 Å². The molecule has 0 nitrogen and oxygen atoms in total. The Morgan fingerprint density at radius 3 is 2.58 bits per heavy atom. The number of hydrogen-bond acceptors (Lipinski definition) is 2. The molecule has 1 atom stereocenters. The first-order valence-electron chi connectivity index (χ1n) is 6.48. The molecule has 0 bridgehead atoms. The third-order valence-electron chi connectivity index (χ3n) is 3.22. The molecule has 0 N–H and O–H groups in total. The summed E-state index contributed by atoms with van der Waals surface area (Å²) in [4.78, 5) is 1.71. The molecule has 0 saturated heterocycles. The number of halogens is 1. The summed E-state index contributed by atoms with van der Waals surface area (Å²) in [6.45, 7) is 2.22. The van der Waals surface area contributed by atoms with Gasteiger partial charge in [-0.1, -0.05) is 53.5 Å². The molecule has 0 aliphatic rings. The van der Waals surface area contributed by atoms with E-state index in [9.17, 15) is 0 Å². The predicted molar refractivity (Wildman–Crippen MR) is 90.9 cm³/mol. The molecule has 3 heteroatoms. The van der Waals surface area contributed by atoms with Crippen molar-refractivity contribution in [2.24, 2.45) is 0 Å². The summed E-state index contributed by atoms with van der Waals surface area (Å²) in [5.74, 6) is 0. The van der Waals surface area contributed by atoms with Crippen LogP contribution < -0.4 is 0 Å². The Morgan fingerprint density at radius 1 is 1.11 bits per heavy atom. The van der Waals surface area contributed by atoms with Crippen molar-refractivity contribution in [3.8, 4) is 0 Å². The fourth-order valence-corrected chi connectivity index (χ4v) is 5.06. The predicted octanol–water partition coefficient (Wildman–Crippen LogP) is 6.40. The van der Waals surface area contributed by atoms with Gasteiger partial charge in [-0.25, -0.2) is 0 Å². The summed E-state index contributed by atoms with van der Waals surface area (Å²) in [7, 11) is 0. The van der Waals surface area contributed by atoms with E-state index in [2.05, 4.69) is 64.6 Å². The van der Waals surface area contributed by atoms with Crippen molar-refractivity contribution in [3.05, 3.63) is 57.8 Å². The first-order valence-corrected chi connectivity index (χ1v) is 9.09. The Bertz CT molecular complexity index is 635. The molecule has 98 valence electrons. The summed E-state index contributed by atoms with van der Waals surface area (Å²) in [6, 6.07) is 13.5. The van der Waals surface area contributed by atoms with E-state index in [1.54, 1.807) is 0 Å². The molecule has 0 fully saturated rings. The van der Waals surface area contributed by atoms with Gasteiger partial charge in [0.2, 0.25) is 0 Å². The highest BCUT2D eigenvalue weighted by molar-refractivity contribution is 9.09. The average Bonchev–Trinajstić information content (AvgIpc) is 3.00. The van der Waals surface area contributed by atoms with E-state index in [4.69, 9.17) is 0 Å². The minimum absolute atomic E-state index is 0.313. The zero-order valence-electron chi connectivity index (χ0n) is 10.7. The Kier molecular flexibility index (Phi) is 4.06. The lowest BCUT2D eigenvalue weighted by molar-refractivity contribution is 0.920. The lowest BCUT2D eigenvalue weighted by Gasteiger charge is -2.09. The van der Waals surface area contributed by atoms with Gasteiger partial charge in [0.25, 0.3) is 0 Å². The fraction of sp³-hybridized carbons (Fsp3) is 0.250. The van der Waals surface area contributed by atoms with E-state index in [0.29, 0.717) is 4.83 Å². The van der Waals surface area contributed by atoms with Crippen molar-refractivity contribution < 1.29 is 0 Å². The molecule has 2 heterocycles. The number of alkyl halides is 1. The van der Waals surface area contributed by atoms with Crippen LogP contribution in [0.2, 0.25) is 0 Å². The van der Waals surface area contributed by atoms with Gasteiger partial charge in [0.1, 0.15) is 0 Å². The number of rotatable bonds is 4. The Hall–Kier alpha value is -0.640. The number of hydrogen-bond donors (Lipinski definition) is 0. The molecule has 0 spiro atoms. The van der Waals surface area contributed by atoms with Crippen LogP contribution in [0.5, 0.6) is 0 Å². The number of thiophene rings is 2. The molecule has 19 heavy (non-hydrogen) atoms. The van der Waals surface area contributed by atoms with Crippen LogP contribution in [0.4, 0.5) is 0 Å². The topological polar surface area (TPSA) is 0 Å². The van der Waals surface area contributed by atoms with Gasteiger partial charge in [-0.15, -0.1) is 22.7 Å². The van der Waals surface area contributed by atoms with Crippen molar-refractivity contribution in [1.82, 2.24) is 0 Å². The smallest absolute Gasteiger partial charge is 0.0738 e. The second kappa shape index (κ2) is 5.78. The van der Waals surface area contributed by atoms with Crippen molar-refractivity contribution in [1.29, 1.82) is 0 Å².